The fourth-order valence-electron chi connectivity index (χ4n) is 5.51. The molecule has 38 heavy (non-hydrogen) atoms. The molecule has 0 atom stereocenters. The van der Waals surface area contributed by atoms with Gasteiger partial charge in [-0.15, -0.1) is 0 Å². The van der Waals surface area contributed by atoms with Crippen molar-refractivity contribution in [2.24, 2.45) is 5.92 Å². The van der Waals surface area contributed by atoms with Gasteiger partial charge in [0.05, 0.1) is 30.2 Å². The lowest BCUT2D eigenvalue weighted by Crippen LogP contribution is -2.50. The Balaban J connectivity index is 1.27. The zero-order chi connectivity index (χ0) is 26.5. The van der Waals surface area contributed by atoms with Crippen LogP contribution in [0.3, 0.4) is 0 Å². The first-order valence-corrected chi connectivity index (χ1v) is 13.6. The van der Waals surface area contributed by atoms with Crippen molar-refractivity contribution < 1.29 is 19.1 Å². The Labute approximate surface area is 223 Å². The Hall–Kier alpha value is -3.71. The minimum absolute atomic E-state index is 0.122. The van der Waals surface area contributed by atoms with Crippen molar-refractivity contribution in [1.29, 1.82) is 5.26 Å². The van der Waals surface area contributed by atoms with E-state index in [2.05, 4.69) is 34.3 Å². The molecule has 10 heteroatoms. The van der Waals surface area contributed by atoms with Gasteiger partial charge in [-0.2, -0.15) is 5.26 Å². The predicted octanol–water partition coefficient (Wildman–Crippen LogP) is 4.37. The standard InChI is InChI=1S/C28H36N6O4/c1-20-4-8-32(9-5-20)25-17-23(2-3-24(25)31-27(35)38-26-16-21(18-29)19-30-26)22-6-10-33(11-7-22)28(36)34-12-14-37-15-13-34/h2-3,16-17,19-20,22,30H,4-15H2,1H3,(H,31,35). The quantitative estimate of drug-likeness (QED) is 0.619. The maximum absolute atomic E-state index is 12.9. The molecular formula is C28H36N6O4. The number of carbonyl (C=O) groups is 2. The van der Waals surface area contributed by atoms with Crippen molar-refractivity contribution in [3.63, 3.8) is 0 Å². The van der Waals surface area contributed by atoms with Crippen LogP contribution in [0, 0.1) is 17.2 Å². The number of anilines is 2. The molecule has 0 spiro atoms. The highest BCUT2D eigenvalue weighted by atomic mass is 16.6. The molecule has 3 aliphatic rings. The van der Waals surface area contributed by atoms with Crippen molar-refractivity contribution >= 4 is 23.5 Å². The number of morpholine rings is 1. The number of hydrogen-bond acceptors (Lipinski definition) is 6. The van der Waals surface area contributed by atoms with Gasteiger partial charge in [0, 0.05) is 51.5 Å². The molecule has 2 aromatic rings. The summed E-state index contributed by atoms with van der Waals surface area (Å²) in [4.78, 5) is 34.6. The van der Waals surface area contributed by atoms with E-state index in [1.807, 2.05) is 21.9 Å². The monoisotopic (exact) mass is 520 g/mol. The van der Waals surface area contributed by atoms with Crippen molar-refractivity contribution in [2.75, 3.05) is 62.7 Å². The van der Waals surface area contributed by atoms with E-state index in [1.54, 1.807) is 0 Å². The smallest absolute Gasteiger partial charge is 0.393 e. The van der Waals surface area contributed by atoms with Gasteiger partial charge < -0.3 is 29.2 Å². The zero-order valence-electron chi connectivity index (χ0n) is 21.9. The van der Waals surface area contributed by atoms with Crippen LogP contribution in [0.5, 0.6) is 5.88 Å². The van der Waals surface area contributed by atoms with Crippen LogP contribution < -0.4 is 15.0 Å². The summed E-state index contributed by atoms with van der Waals surface area (Å²) in [6.45, 7) is 8.18. The van der Waals surface area contributed by atoms with Gasteiger partial charge in [0.1, 0.15) is 6.07 Å². The van der Waals surface area contributed by atoms with Crippen LogP contribution in [-0.4, -0.2) is 79.4 Å². The van der Waals surface area contributed by atoms with Gasteiger partial charge in [0.2, 0.25) is 5.88 Å². The van der Waals surface area contributed by atoms with Crippen molar-refractivity contribution in [3.05, 3.63) is 41.6 Å². The lowest BCUT2D eigenvalue weighted by atomic mass is 9.88. The number of nitrogens with zero attached hydrogens (tertiary/aromatic N) is 4. The van der Waals surface area contributed by atoms with Gasteiger partial charge >= 0.3 is 12.1 Å². The first kappa shape index (κ1) is 25.9. The number of hydrogen-bond donors (Lipinski definition) is 2. The molecule has 3 saturated heterocycles. The number of H-pyrrole nitrogens is 1. The third-order valence-corrected chi connectivity index (χ3v) is 7.89. The first-order valence-electron chi connectivity index (χ1n) is 13.6. The summed E-state index contributed by atoms with van der Waals surface area (Å²) in [5.41, 5.74) is 3.35. The predicted molar refractivity (Wildman–Crippen MR) is 144 cm³/mol. The van der Waals surface area contributed by atoms with Crippen LogP contribution >= 0.6 is 0 Å². The summed E-state index contributed by atoms with van der Waals surface area (Å²) in [5, 5.41) is 11.9. The van der Waals surface area contributed by atoms with Gasteiger partial charge in [0.15, 0.2) is 0 Å². The molecule has 0 saturated carbocycles. The van der Waals surface area contributed by atoms with Gasteiger partial charge in [-0.05, 0) is 55.2 Å². The number of urea groups is 1. The second-order valence-electron chi connectivity index (χ2n) is 10.5. The summed E-state index contributed by atoms with van der Waals surface area (Å²) in [6.07, 6.45) is 4.93. The normalized spacial score (nSPS) is 19.2. The number of carbonyl (C=O) groups excluding carboxylic acids is 2. The van der Waals surface area contributed by atoms with Crippen molar-refractivity contribution in [1.82, 2.24) is 14.8 Å². The molecule has 1 aromatic carbocycles. The number of piperidine rings is 2. The van der Waals surface area contributed by atoms with Gasteiger partial charge in [-0.3, -0.25) is 5.32 Å². The van der Waals surface area contributed by atoms with E-state index in [4.69, 9.17) is 14.7 Å². The molecule has 5 rings (SSSR count). The third kappa shape index (κ3) is 6.05. The molecule has 2 N–H and O–H groups in total. The number of ether oxygens (including phenoxy) is 2. The van der Waals surface area contributed by atoms with Gasteiger partial charge in [-0.1, -0.05) is 13.0 Å². The van der Waals surface area contributed by atoms with E-state index in [-0.39, 0.29) is 11.9 Å². The summed E-state index contributed by atoms with van der Waals surface area (Å²) >= 11 is 0. The number of rotatable bonds is 4. The minimum Gasteiger partial charge on any atom is -0.393 e. The van der Waals surface area contributed by atoms with Crippen molar-refractivity contribution in [2.45, 2.75) is 38.5 Å². The molecule has 10 nitrogen and oxygen atoms in total. The lowest BCUT2D eigenvalue weighted by Gasteiger charge is -2.38. The van der Waals surface area contributed by atoms with Crippen LogP contribution in [0.25, 0.3) is 0 Å². The number of nitriles is 1. The molecule has 0 radical (unpaired) electrons. The van der Waals surface area contributed by atoms with Crippen LogP contribution in [0.1, 0.15) is 49.7 Å². The molecule has 3 amide bonds. The average Bonchev–Trinajstić information content (AvgIpc) is 3.41. The van der Waals surface area contributed by atoms with E-state index in [0.29, 0.717) is 49.4 Å². The molecule has 0 aliphatic carbocycles. The van der Waals surface area contributed by atoms with Gasteiger partial charge in [-0.25, -0.2) is 9.59 Å². The summed E-state index contributed by atoms with van der Waals surface area (Å²) in [7, 11) is 0. The van der Waals surface area contributed by atoms with E-state index in [9.17, 15) is 9.59 Å². The van der Waals surface area contributed by atoms with Crippen LogP contribution in [0.15, 0.2) is 30.5 Å². The lowest BCUT2D eigenvalue weighted by molar-refractivity contribution is 0.0411. The molecule has 1 aromatic heterocycles. The molecule has 0 bridgehead atoms. The maximum atomic E-state index is 12.9. The number of likely N-dealkylation sites (tertiary alicyclic amines) is 1. The Morgan fingerprint density at radius 1 is 1.03 bits per heavy atom. The second-order valence-corrected chi connectivity index (χ2v) is 10.5. The second kappa shape index (κ2) is 11.8. The Morgan fingerprint density at radius 2 is 1.74 bits per heavy atom. The van der Waals surface area contributed by atoms with Crippen molar-refractivity contribution in [3.8, 4) is 11.9 Å². The minimum atomic E-state index is -0.606. The fourth-order valence-corrected chi connectivity index (χ4v) is 5.51. The Bertz CT molecular complexity index is 1170. The first-order chi connectivity index (χ1) is 18.5. The number of benzene rings is 1. The van der Waals surface area contributed by atoms with E-state index < -0.39 is 6.09 Å². The number of amides is 3. The Kier molecular flexibility index (Phi) is 8.03. The summed E-state index contributed by atoms with van der Waals surface area (Å²) in [6, 6.07) is 9.88. The third-order valence-electron chi connectivity index (χ3n) is 7.89. The fraction of sp³-hybridized carbons (Fsp3) is 0.536. The van der Waals surface area contributed by atoms with Crippen LogP contribution in [-0.2, 0) is 4.74 Å². The highest BCUT2D eigenvalue weighted by Gasteiger charge is 2.29. The average molecular weight is 521 g/mol. The molecule has 3 fully saturated rings. The molecule has 3 aliphatic heterocycles. The van der Waals surface area contributed by atoms with E-state index in [1.165, 1.54) is 17.8 Å². The van der Waals surface area contributed by atoms with Crippen LogP contribution in [0.2, 0.25) is 0 Å². The summed E-state index contributed by atoms with van der Waals surface area (Å²) < 4.78 is 10.8. The molecule has 202 valence electrons. The van der Waals surface area contributed by atoms with E-state index >= 15 is 0 Å². The molecule has 0 unspecified atom stereocenters. The van der Waals surface area contributed by atoms with E-state index in [0.717, 1.165) is 57.5 Å². The highest BCUT2D eigenvalue weighted by Crippen LogP contribution is 2.36. The highest BCUT2D eigenvalue weighted by molar-refractivity contribution is 5.91. The topological polar surface area (TPSA) is 114 Å². The van der Waals surface area contributed by atoms with Gasteiger partial charge in [0.25, 0.3) is 0 Å². The number of aromatic nitrogens is 1. The molecule has 4 heterocycles. The number of nitrogens with one attached hydrogen (secondary N) is 2. The van der Waals surface area contributed by atoms with Crippen LogP contribution in [0.4, 0.5) is 21.0 Å². The largest absolute Gasteiger partial charge is 0.418 e. The zero-order valence-corrected chi connectivity index (χ0v) is 21.9. The molecular weight excluding hydrogens is 484 g/mol. The number of aromatic amines is 1. The Morgan fingerprint density at radius 3 is 2.42 bits per heavy atom. The SMILES string of the molecule is CC1CCN(c2cc(C3CCN(C(=O)N4CCOCC4)CC3)ccc2NC(=O)Oc2cc(C#N)c[nH]2)CC1. The maximum Gasteiger partial charge on any atom is 0.418 e. The summed E-state index contributed by atoms with van der Waals surface area (Å²) in [5.74, 6) is 1.27.